The summed E-state index contributed by atoms with van der Waals surface area (Å²) in [5.74, 6) is 0.306. The van der Waals surface area contributed by atoms with Crippen molar-refractivity contribution in [2.24, 2.45) is 0 Å². The quantitative estimate of drug-likeness (QED) is 0.269. The highest BCUT2D eigenvalue weighted by atomic mass is 32.2. The van der Waals surface area contributed by atoms with Crippen LogP contribution in [0.25, 0.3) is 6.08 Å². The van der Waals surface area contributed by atoms with Crippen molar-refractivity contribution >= 4 is 50.2 Å². The number of nitrogens with zero attached hydrogens (tertiary/aromatic N) is 4. The maximum Gasteiger partial charge on any atom is 0.250 e. The molecule has 9 nitrogen and oxygen atoms in total. The van der Waals surface area contributed by atoms with E-state index in [2.05, 4.69) is 21.6 Å². The lowest BCUT2D eigenvalue weighted by Gasteiger charge is -2.26. The fraction of sp³-hybridized carbons (Fsp3) is 0.217. The van der Waals surface area contributed by atoms with Gasteiger partial charge in [-0.25, -0.2) is 8.42 Å². The van der Waals surface area contributed by atoms with Gasteiger partial charge in [-0.05, 0) is 41.5 Å². The number of carbonyl (C=O) groups is 1. The minimum atomic E-state index is -3.55. The number of morpholine rings is 1. The molecule has 1 N–H and O–H groups in total. The van der Waals surface area contributed by atoms with Crippen LogP contribution in [0.3, 0.4) is 0 Å². The first-order valence-corrected chi connectivity index (χ1v) is 13.8. The summed E-state index contributed by atoms with van der Waals surface area (Å²) in [5, 5.41) is 20.0. The first-order chi connectivity index (χ1) is 16.9. The lowest BCUT2D eigenvalue weighted by molar-refractivity contribution is -0.111. The molecule has 0 atom stereocenters. The Balaban J connectivity index is 1.29. The monoisotopic (exact) mass is 527 g/mol. The molecule has 180 valence electrons. The van der Waals surface area contributed by atoms with Crippen molar-refractivity contribution in [1.29, 1.82) is 5.26 Å². The third-order valence-corrected chi connectivity index (χ3v) is 8.95. The van der Waals surface area contributed by atoms with Gasteiger partial charge < -0.3 is 4.74 Å². The minimum Gasteiger partial charge on any atom is -0.379 e. The van der Waals surface area contributed by atoms with Crippen LogP contribution in [0, 0.1) is 11.3 Å². The summed E-state index contributed by atoms with van der Waals surface area (Å²) in [6.45, 7) is 1.46. The number of carbonyl (C=O) groups excluding carboxylic acids is 1. The molecule has 1 aliphatic heterocycles. The van der Waals surface area contributed by atoms with Crippen LogP contribution in [0.15, 0.2) is 63.8 Å². The summed E-state index contributed by atoms with van der Waals surface area (Å²) in [5.41, 5.74) is 2.36. The number of nitrogens with one attached hydrogen (secondary N) is 1. The highest BCUT2D eigenvalue weighted by Gasteiger charge is 2.25. The Morgan fingerprint density at radius 1 is 1.14 bits per heavy atom. The molecule has 3 aromatic rings. The van der Waals surface area contributed by atoms with Crippen LogP contribution in [-0.2, 0) is 25.3 Å². The number of anilines is 1. The van der Waals surface area contributed by atoms with Gasteiger partial charge in [0.15, 0.2) is 4.34 Å². The van der Waals surface area contributed by atoms with E-state index in [4.69, 9.17) is 10.00 Å². The van der Waals surface area contributed by atoms with Crippen LogP contribution >= 0.6 is 23.1 Å². The molecule has 1 aromatic heterocycles. The number of nitriles is 1. The Morgan fingerprint density at radius 2 is 1.86 bits per heavy atom. The molecule has 2 heterocycles. The van der Waals surface area contributed by atoms with Gasteiger partial charge in [-0.2, -0.15) is 9.57 Å². The Morgan fingerprint density at radius 3 is 2.54 bits per heavy atom. The largest absolute Gasteiger partial charge is 0.379 e. The standard InChI is InChI=1S/C23H21N5O4S3/c24-15-18-1-3-19(4-2-18)16-33-23-27-26-22(34-23)25-21(29)10-7-17-5-8-20(9-6-17)35(30,31)28-11-13-32-14-12-28/h1-10H,11-14,16H2,(H,25,26,29). The Bertz CT molecular complexity index is 1340. The molecule has 1 aliphatic rings. The normalized spacial score (nSPS) is 14.6. The zero-order valence-corrected chi connectivity index (χ0v) is 20.9. The molecule has 0 aliphatic carbocycles. The molecular weight excluding hydrogens is 506 g/mol. The predicted molar refractivity (Wildman–Crippen MR) is 134 cm³/mol. The van der Waals surface area contributed by atoms with Crippen molar-refractivity contribution < 1.29 is 17.9 Å². The predicted octanol–water partition coefficient (Wildman–Crippen LogP) is 3.37. The van der Waals surface area contributed by atoms with Crippen molar-refractivity contribution in [1.82, 2.24) is 14.5 Å². The zero-order chi connectivity index (χ0) is 24.7. The van der Waals surface area contributed by atoms with Crippen LogP contribution in [-0.4, -0.2) is 55.1 Å². The van der Waals surface area contributed by atoms with Crippen LogP contribution in [0.4, 0.5) is 5.13 Å². The van der Waals surface area contributed by atoms with E-state index < -0.39 is 10.0 Å². The van der Waals surface area contributed by atoms with Crippen molar-refractivity contribution in [3.63, 3.8) is 0 Å². The van der Waals surface area contributed by atoms with Crippen LogP contribution < -0.4 is 5.32 Å². The van der Waals surface area contributed by atoms with Gasteiger partial charge in [-0.3, -0.25) is 10.1 Å². The Labute approximate surface area is 211 Å². The molecule has 2 aromatic carbocycles. The van der Waals surface area contributed by atoms with Crippen LogP contribution in [0.5, 0.6) is 0 Å². The molecule has 0 radical (unpaired) electrons. The molecule has 1 amide bonds. The first-order valence-electron chi connectivity index (χ1n) is 10.6. The van der Waals surface area contributed by atoms with Crippen LogP contribution in [0.2, 0.25) is 0 Å². The number of sulfonamides is 1. The molecule has 0 saturated carbocycles. The smallest absolute Gasteiger partial charge is 0.250 e. The average molecular weight is 528 g/mol. The summed E-state index contributed by atoms with van der Waals surface area (Å²) in [4.78, 5) is 12.5. The molecule has 1 saturated heterocycles. The fourth-order valence-corrected chi connectivity index (χ4v) is 6.26. The van der Waals surface area contributed by atoms with Gasteiger partial charge in [0.05, 0.1) is 29.7 Å². The van der Waals surface area contributed by atoms with E-state index in [1.165, 1.54) is 45.6 Å². The molecule has 4 rings (SSSR count). The maximum absolute atomic E-state index is 12.7. The Hall–Kier alpha value is -3.08. The average Bonchev–Trinajstić information content (AvgIpc) is 3.34. The lowest BCUT2D eigenvalue weighted by atomic mass is 10.2. The number of aromatic nitrogens is 2. The molecule has 0 bridgehead atoms. The third-order valence-electron chi connectivity index (χ3n) is 5.00. The van der Waals surface area contributed by atoms with Gasteiger partial charge in [0.1, 0.15) is 0 Å². The van der Waals surface area contributed by atoms with Crippen molar-refractivity contribution in [3.8, 4) is 6.07 Å². The van der Waals surface area contributed by atoms with E-state index in [0.717, 1.165) is 5.56 Å². The van der Waals surface area contributed by atoms with Gasteiger partial charge in [-0.15, -0.1) is 10.2 Å². The molecule has 35 heavy (non-hydrogen) atoms. The number of benzene rings is 2. The van der Waals surface area contributed by atoms with Crippen molar-refractivity contribution in [2.45, 2.75) is 15.0 Å². The summed E-state index contributed by atoms with van der Waals surface area (Å²) >= 11 is 2.76. The van der Waals surface area contributed by atoms with Gasteiger partial charge >= 0.3 is 0 Å². The van der Waals surface area contributed by atoms with E-state index in [0.29, 0.717) is 52.7 Å². The molecule has 0 spiro atoms. The second kappa shape index (κ2) is 11.6. The SMILES string of the molecule is N#Cc1ccc(CSc2nnc(NC(=O)C=Cc3ccc(S(=O)(=O)N4CCOCC4)cc3)s2)cc1. The van der Waals surface area contributed by atoms with Gasteiger partial charge in [0, 0.05) is 24.9 Å². The van der Waals surface area contributed by atoms with Crippen molar-refractivity contribution in [3.05, 3.63) is 71.3 Å². The molecule has 1 fully saturated rings. The van der Waals surface area contributed by atoms with Crippen LogP contribution in [0.1, 0.15) is 16.7 Å². The Kier molecular flexibility index (Phi) is 8.27. The van der Waals surface area contributed by atoms with E-state index in [1.807, 2.05) is 12.1 Å². The number of hydrogen-bond donors (Lipinski definition) is 1. The fourth-order valence-electron chi connectivity index (χ4n) is 3.15. The zero-order valence-electron chi connectivity index (χ0n) is 18.5. The lowest BCUT2D eigenvalue weighted by Crippen LogP contribution is -2.40. The first kappa shape index (κ1) is 25.0. The number of rotatable bonds is 8. The highest BCUT2D eigenvalue weighted by Crippen LogP contribution is 2.28. The van der Waals surface area contributed by atoms with E-state index in [-0.39, 0.29) is 10.8 Å². The summed E-state index contributed by atoms with van der Waals surface area (Å²) in [6, 6.07) is 15.8. The van der Waals surface area contributed by atoms with Gasteiger partial charge in [-0.1, -0.05) is 47.4 Å². The van der Waals surface area contributed by atoms with Gasteiger partial charge in [0.2, 0.25) is 21.1 Å². The van der Waals surface area contributed by atoms with Crippen molar-refractivity contribution in [2.75, 3.05) is 31.6 Å². The summed E-state index contributed by atoms with van der Waals surface area (Å²) in [6.07, 6.45) is 2.96. The highest BCUT2D eigenvalue weighted by molar-refractivity contribution is 8.00. The number of amides is 1. The van der Waals surface area contributed by atoms with E-state index >= 15 is 0 Å². The summed E-state index contributed by atoms with van der Waals surface area (Å²) in [7, 11) is -3.55. The second-order valence-electron chi connectivity index (χ2n) is 7.38. The minimum absolute atomic E-state index is 0.209. The van der Waals surface area contributed by atoms with Gasteiger partial charge in [0.25, 0.3) is 0 Å². The third kappa shape index (κ3) is 6.74. The van der Waals surface area contributed by atoms with E-state index in [1.54, 1.807) is 30.3 Å². The summed E-state index contributed by atoms with van der Waals surface area (Å²) < 4.78 is 32.7. The maximum atomic E-state index is 12.7. The second-order valence-corrected chi connectivity index (χ2v) is 11.5. The molecule has 0 unspecified atom stereocenters. The topological polar surface area (TPSA) is 125 Å². The van der Waals surface area contributed by atoms with E-state index in [9.17, 15) is 13.2 Å². The number of thioether (sulfide) groups is 1. The number of ether oxygens (including phenoxy) is 1. The molecular formula is C23H21N5O4S3. The number of hydrogen-bond acceptors (Lipinski definition) is 9. The molecule has 12 heteroatoms.